The van der Waals surface area contributed by atoms with Gasteiger partial charge in [-0.25, -0.2) is 4.79 Å². The molecule has 2 aromatic heterocycles. The van der Waals surface area contributed by atoms with E-state index in [0.717, 1.165) is 11.9 Å². The molecule has 1 aliphatic heterocycles. The Morgan fingerprint density at radius 2 is 2.33 bits per heavy atom. The number of hydrogen-bond donors (Lipinski definition) is 1. The van der Waals surface area contributed by atoms with Gasteiger partial charge in [0.05, 0.1) is 6.54 Å². The van der Waals surface area contributed by atoms with E-state index in [1.54, 1.807) is 24.9 Å². The number of likely N-dealkylation sites (tertiary alicyclic amines) is 1. The number of fused-ring (bicyclic) bond motifs is 1. The maximum absolute atomic E-state index is 12.6. The number of carbonyl (C=O) groups is 2. The van der Waals surface area contributed by atoms with Crippen molar-refractivity contribution in [3.63, 3.8) is 0 Å². The summed E-state index contributed by atoms with van der Waals surface area (Å²) in [7, 11) is 0. The highest BCUT2D eigenvalue weighted by molar-refractivity contribution is 5.81. The number of amides is 2. The van der Waals surface area contributed by atoms with Crippen LogP contribution in [-0.4, -0.2) is 34.0 Å². The normalized spacial score (nSPS) is 18.3. The minimum absolute atomic E-state index is 0.0459. The number of furan rings is 1. The summed E-state index contributed by atoms with van der Waals surface area (Å²) in [5.41, 5.74) is 5.82. The summed E-state index contributed by atoms with van der Waals surface area (Å²) < 4.78 is 10.8. The van der Waals surface area contributed by atoms with Crippen LogP contribution in [-0.2, 0) is 16.1 Å². The monoisotopic (exact) mass is 331 g/mol. The quantitative estimate of drug-likeness (QED) is 0.907. The van der Waals surface area contributed by atoms with Crippen LogP contribution < -0.4 is 5.73 Å². The number of nitrogens with two attached hydrogens (primary N) is 1. The molecular formula is C17H21N3O4. The van der Waals surface area contributed by atoms with Gasteiger partial charge in [-0.1, -0.05) is 0 Å². The van der Waals surface area contributed by atoms with Crippen LogP contribution in [0.5, 0.6) is 0 Å². The van der Waals surface area contributed by atoms with Gasteiger partial charge in [-0.3, -0.25) is 9.78 Å². The summed E-state index contributed by atoms with van der Waals surface area (Å²) in [6, 6.07) is 5.52. The summed E-state index contributed by atoms with van der Waals surface area (Å²) in [6.07, 6.45) is 2.06. The second kappa shape index (κ2) is 6.14. The first-order chi connectivity index (χ1) is 11.3. The molecule has 2 N–H and O–H groups in total. The van der Waals surface area contributed by atoms with Crippen LogP contribution in [0, 0.1) is 5.92 Å². The fraction of sp³-hybridized carbons (Fsp3) is 0.471. The van der Waals surface area contributed by atoms with Gasteiger partial charge in [0.25, 0.3) is 0 Å². The van der Waals surface area contributed by atoms with E-state index < -0.39 is 11.7 Å². The lowest BCUT2D eigenvalue weighted by molar-refractivity contribution is -0.133. The summed E-state index contributed by atoms with van der Waals surface area (Å²) in [4.78, 5) is 29.5. The highest BCUT2D eigenvalue weighted by Crippen LogP contribution is 2.30. The molecule has 0 aliphatic carbocycles. The van der Waals surface area contributed by atoms with Crippen LogP contribution in [0.15, 0.2) is 28.8 Å². The van der Waals surface area contributed by atoms with Gasteiger partial charge < -0.3 is 19.8 Å². The van der Waals surface area contributed by atoms with Crippen LogP contribution in [0.4, 0.5) is 4.79 Å². The van der Waals surface area contributed by atoms with Gasteiger partial charge in [0, 0.05) is 24.7 Å². The van der Waals surface area contributed by atoms with E-state index in [9.17, 15) is 9.59 Å². The molecule has 0 radical (unpaired) electrons. The fourth-order valence-electron chi connectivity index (χ4n) is 3.24. The van der Waals surface area contributed by atoms with Gasteiger partial charge in [-0.15, -0.1) is 0 Å². The van der Waals surface area contributed by atoms with Crippen LogP contribution in [0.3, 0.4) is 0 Å². The number of pyridine rings is 1. The van der Waals surface area contributed by atoms with Gasteiger partial charge >= 0.3 is 6.09 Å². The lowest BCUT2D eigenvalue weighted by Crippen LogP contribution is -2.35. The minimum Gasteiger partial charge on any atom is -0.457 e. The second-order valence-corrected chi connectivity index (χ2v) is 6.73. The maximum Gasteiger partial charge on any atom is 0.405 e. The van der Waals surface area contributed by atoms with Crippen molar-refractivity contribution in [1.82, 2.24) is 9.88 Å². The molecule has 2 amide bonds. The van der Waals surface area contributed by atoms with Crippen molar-refractivity contribution in [2.24, 2.45) is 11.7 Å². The van der Waals surface area contributed by atoms with E-state index in [4.69, 9.17) is 14.9 Å². The second-order valence-electron chi connectivity index (χ2n) is 6.73. The predicted octanol–water partition coefficient (Wildman–Crippen LogP) is 2.44. The molecule has 2 aromatic rings. The van der Waals surface area contributed by atoms with Crippen molar-refractivity contribution in [3.05, 3.63) is 30.2 Å². The van der Waals surface area contributed by atoms with Gasteiger partial charge in [0.1, 0.15) is 16.9 Å². The van der Waals surface area contributed by atoms with Crippen LogP contribution in [0.2, 0.25) is 0 Å². The molecular weight excluding hydrogens is 310 g/mol. The van der Waals surface area contributed by atoms with Gasteiger partial charge in [0.2, 0.25) is 5.91 Å². The molecule has 24 heavy (non-hydrogen) atoms. The Morgan fingerprint density at radius 3 is 3.04 bits per heavy atom. The average molecular weight is 331 g/mol. The number of ether oxygens (including phenoxy) is 1. The maximum atomic E-state index is 12.6. The van der Waals surface area contributed by atoms with Crippen molar-refractivity contribution in [3.8, 4) is 0 Å². The highest BCUT2D eigenvalue weighted by Gasteiger charge is 2.37. The Bertz CT molecular complexity index is 735. The van der Waals surface area contributed by atoms with Crippen LogP contribution in [0.25, 0.3) is 11.1 Å². The van der Waals surface area contributed by atoms with E-state index in [1.165, 1.54) is 0 Å². The van der Waals surface area contributed by atoms with Gasteiger partial charge in [-0.2, -0.15) is 0 Å². The van der Waals surface area contributed by atoms with Crippen molar-refractivity contribution in [2.45, 2.75) is 38.8 Å². The zero-order chi connectivity index (χ0) is 17.3. The zero-order valence-electron chi connectivity index (χ0n) is 13.8. The first kappa shape index (κ1) is 16.3. The predicted molar refractivity (Wildman–Crippen MR) is 86.9 cm³/mol. The van der Waals surface area contributed by atoms with E-state index in [-0.39, 0.29) is 11.8 Å². The molecule has 1 fully saturated rings. The fourth-order valence-corrected chi connectivity index (χ4v) is 3.24. The van der Waals surface area contributed by atoms with E-state index in [0.29, 0.717) is 30.9 Å². The smallest absolute Gasteiger partial charge is 0.405 e. The number of primary amides is 1. The number of hydrogen-bond acceptors (Lipinski definition) is 5. The minimum atomic E-state index is -0.822. The van der Waals surface area contributed by atoms with Crippen molar-refractivity contribution in [2.75, 3.05) is 6.54 Å². The number of nitrogens with zero attached hydrogens (tertiary/aromatic N) is 2. The Hall–Kier alpha value is -2.57. The Labute approximate surface area is 139 Å². The zero-order valence-corrected chi connectivity index (χ0v) is 13.8. The third-order valence-electron chi connectivity index (χ3n) is 4.21. The molecule has 1 aliphatic rings. The molecule has 7 heteroatoms. The Kier molecular flexibility index (Phi) is 4.17. The molecule has 7 nitrogen and oxygen atoms in total. The Balaban J connectivity index is 1.64. The molecule has 0 spiro atoms. The van der Waals surface area contributed by atoms with Crippen molar-refractivity contribution < 1.29 is 18.7 Å². The molecule has 0 aromatic carbocycles. The largest absolute Gasteiger partial charge is 0.457 e. The molecule has 1 saturated heterocycles. The topological polar surface area (TPSA) is 98.7 Å². The van der Waals surface area contributed by atoms with E-state index in [2.05, 4.69) is 4.98 Å². The van der Waals surface area contributed by atoms with Crippen molar-refractivity contribution >= 4 is 23.1 Å². The van der Waals surface area contributed by atoms with Gasteiger partial charge in [0.15, 0.2) is 5.58 Å². The number of rotatable bonds is 5. The SMILES string of the molecule is CC(C)(C[C@@H]1CCN(Cc2cc3ncccc3o2)C1=O)OC(N)=O. The molecule has 0 bridgehead atoms. The van der Waals surface area contributed by atoms with E-state index in [1.807, 2.05) is 18.2 Å². The molecule has 0 saturated carbocycles. The molecule has 3 heterocycles. The summed E-state index contributed by atoms with van der Waals surface area (Å²) in [6.45, 7) is 4.60. The first-order valence-corrected chi connectivity index (χ1v) is 7.95. The van der Waals surface area contributed by atoms with Crippen molar-refractivity contribution in [1.29, 1.82) is 0 Å². The highest BCUT2D eigenvalue weighted by atomic mass is 16.6. The third kappa shape index (κ3) is 3.50. The van der Waals surface area contributed by atoms with Gasteiger partial charge in [-0.05, 0) is 38.8 Å². The Morgan fingerprint density at radius 1 is 1.54 bits per heavy atom. The standard InChI is InChI=1S/C17H21N3O4/c1-17(2,24-16(18)22)9-11-5-7-20(15(11)21)10-12-8-13-14(23-12)4-3-6-19-13/h3-4,6,8,11H,5,7,9-10H2,1-2H3,(H2,18,22)/t11-/m0/s1. The lowest BCUT2D eigenvalue weighted by Gasteiger charge is -2.26. The van der Waals surface area contributed by atoms with E-state index >= 15 is 0 Å². The molecule has 128 valence electrons. The summed E-state index contributed by atoms with van der Waals surface area (Å²) >= 11 is 0. The third-order valence-corrected chi connectivity index (χ3v) is 4.21. The summed E-state index contributed by atoms with van der Waals surface area (Å²) in [5.74, 6) is 0.580. The average Bonchev–Trinajstić information content (AvgIpc) is 3.03. The number of aromatic nitrogens is 1. The molecule has 3 rings (SSSR count). The van der Waals surface area contributed by atoms with Crippen LogP contribution >= 0.6 is 0 Å². The van der Waals surface area contributed by atoms with Crippen LogP contribution in [0.1, 0.15) is 32.4 Å². The first-order valence-electron chi connectivity index (χ1n) is 7.95. The molecule has 1 atom stereocenters. The number of carbonyl (C=O) groups excluding carboxylic acids is 2. The summed E-state index contributed by atoms with van der Waals surface area (Å²) in [5, 5.41) is 0. The molecule has 0 unspecified atom stereocenters. The lowest BCUT2D eigenvalue weighted by atomic mass is 9.92.